The van der Waals surface area contributed by atoms with Crippen LogP contribution in [0.5, 0.6) is 0 Å². The minimum atomic E-state index is 0.715. The van der Waals surface area contributed by atoms with Gasteiger partial charge in [0.05, 0.1) is 10.7 Å². The molecule has 0 atom stereocenters. The van der Waals surface area contributed by atoms with Gasteiger partial charge in [-0.25, -0.2) is 0 Å². The number of nitrogen functional groups attached to an aromatic ring is 1. The second-order valence-electron chi connectivity index (χ2n) is 5.58. The van der Waals surface area contributed by atoms with Crippen LogP contribution in [0.15, 0.2) is 18.2 Å². The molecule has 0 heterocycles. The highest BCUT2D eigenvalue weighted by atomic mass is 35.5. The van der Waals surface area contributed by atoms with Crippen LogP contribution in [0.25, 0.3) is 0 Å². The second kappa shape index (κ2) is 6.33. The summed E-state index contributed by atoms with van der Waals surface area (Å²) in [4.78, 5) is 0. The average molecular weight is 267 g/mol. The summed E-state index contributed by atoms with van der Waals surface area (Å²) in [6.45, 7) is 3.37. The normalized spacial score (nSPS) is 23.9. The van der Waals surface area contributed by atoms with Crippen LogP contribution in [0.4, 0.5) is 11.4 Å². The Balaban J connectivity index is 1.75. The van der Waals surface area contributed by atoms with Crippen LogP contribution in [0, 0.1) is 11.8 Å². The molecule has 0 aliphatic heterocycles. The molecule has 2 rings (SSSR count). The molecule has 1 aromatic carbocycles. The first-order chi connectivity index (χ1) is 8.65. The summed E-state index contributed by atoms with van der Waals surface area (Å²) in [5.41, 5.74) is 7.38. The van der Waals surface area contributed by atoms with Gasteiger partial charge in [0, 0.05) is 12.2 Å². The first-order valence-corrected chi connectivity index (χ1v) is 7.32. The number of rotatable bonds is 4. The lowest BCUT2D eigenvalue weighted by molar-refractivity contribution is 0.282. The molecule has 1 aromatic rings. The number of nitrogens with two attached hydrogens (primary N) is 1. The standard InChI is InChI=1S/C15H23ClN2/c1-11-2-4-12(5-3-11)8-9-18-15-7-6-13(17)10-14(15)16/h6-7,10-12,18H,2-5,8-9,17H2,1H3. The summed E-state index contributed by atoms with van der Waals surface area (Å²) in [6, 6.07) is 5.64. The van der Waals surface area contributed by atoms with Crippen LogP contribution in [0.3, 0.4) is 0 Å². The van der Waals surface area contributed by atoms with Gasteiger partial charge in [0.15, 0.2) is 0 Å². The molecule has 2 nitrogen and oxygen atoms in total. The summed E-state index contributed by atoms with van der Waals surface area (Å²) < 4.78 is 0. The number of hydrogen-bond donors (Lipinski definition) is 2. The Morgan fingerprint density at radius 1 is 1.28 bits per heavy atom. The van der Waals surface area contributed by atoms with Crippen molar-refractivity contribution in [2.45, 2.75) is 39.0 Å². The van der Waals surface area contributed by atoms with Gasteiger partial charge in [-0.1, -0.05) is 44.2 Å². The highest BCUT2D eigenvalue weighted by Gasteiger charge is 2.17. The van der Waals surface area contributed by atoms with Crippen molar-refractivity contribution in [3.8, 4) is 0 Å². The molecule has 1 aliphatic rings. The van der Waals surface area contributed by atoms with Crippen molar-refractivity contribution in [3.63, 3.8) is 0 Å². The van der Waals surface area contributed by atoms with Crippen LogP contribution < -0.4 is 11.1 Å². The van der Waals surface area contributed by atoms with E-state index in [1.54, 1.807) is 6.07 Å². The third-order valence-corrected chi connectivity index (χ3v) is 4.31. The zero-order valence-electron chi connectivity index (χ0n) is 11.1. The van der Waals surface area contributed by atoms with Gasteiger partial charge in [-0.05, 0) is 36.5 Å². The van der Waals surface area contributed by atoms with E-state index in [1.165, 1.54) is 32.1 Å². The molecule has 3 heteroatoms. The minimum Gasteiger partial charge on any atom is -0.399 e. The van der Waals surface area contributed by atoms with Crippen molar-refractivity contribution in [1.29, 1.82) is 0 Å². The van der Waals surface area contributed by atoms with E-state index in [4.69, 9.17) is 17.3 Å². The molecule has 0 spiro atoms. The fourth-order valence-electron chi connectivity index (χ4n) is 2.70. The van der Waals surface area contributed by atoms with Gasteiger partial charge >= 0.3 is 0 Å². The first kappa shape index (κ1) is 13.5. The monoisotopic (exact) mass is 266 g/mol. The molecule has 1 saturated carbocycles. The summed E-state index contributed by atoms with van der Waals surface area (Å²) >= 11 is 6.13. The van der Waals surface area contributed by atoms with Crippen molar-refractivity contribution in [2.75, 3.05) is 17.6 Å². The second-order valence-corrected chi connectivity index (χ2v) is 5.99. The number of hydrogen-bond acceptors (Lipinski definition) is 2. The summed E-state index contributed by atoms with van der Waals surface area (Å²) in [5, 5.41) is 4.13. The van der Waals surface area contributed by atoms with Gasteiger partial charge in [-0.3, -0.25) is 0 Å². The summed E-state index contributed by atoms with van der Waals surface area (Å²) in [6.07, 6.45) is 6.81. The lowest BCUT2D eigenvalue weighted by Crippen LogP contribution is -2.15. The summed E-state index contributed by atoms with van der Waals surface area (Å²) in [5.74, 6) is 1.82. The molecule has 1 fully saturated rings. The number of benzene rings is 1. The Kier molecular flexibility index (Phi) is 4.76. The largest absolute Gasteiger partial charge is 0.399 e. The maximum Gasteiger partial charge on any atom is 0.0657 e. The van der Waals surface area contributed by atoms with Gasteiger partial charge in [0.2, 0.25) is 0 Å². The van der Waals surface area contributed by atoms with Crippen molar-refractivity contribution < 1.29 is 0 Å². The molecule has 0 bridgehead atoms. The smallest absolute Gasteiger partial charge is 0.0657 e. The van der Waals surface area contributed by atoms with E-state index < -0.39 is 0 Å². The zero-order chi connectivity index (χ0) is 13.0. The molecular formula is C15H23ClN2. The van der Waals surface area contributed by atoms with Crippen molar-refractivity contribution >= 4 is 23.0 Å². The predicted molar refractivity (Wildman–Crippen MR) is 80.1 cm³/mol. The van der Waals surface area contributed by atoms with E-state index in [2.05, 4.69) is 12.2 Å². The quantitative estimate of drug-likeness (QED) is 0.785. The maximum atomic E-state index is 6.13. The maximum absolute atomic E-state index is 6.13. The van der Waals surface area contributed by atoms with Crippen molar-refractivity contribution in [2.24, 2.45) is 11.8 Å². The number of halogens is 1. The average Bonchev–Trinajstić information content (AvgIpc) is 2.34. The molecule has 0 aromatic heterocycles. The van der Waals surface area contributed by atoms with Gasteiger partial charge in [-0.2, -0.15) is 0 Å². The molecule has 0 unspecified atom stereocenters. The first-order valence-electron chi connectivity index (χ1n) is 6.94. The predicted octanol–water partition coefficient (Wildman–Crippen LogP) is 4.55. The lowest BCUT2D eigenvalue weighted by atomic mass is 9.81. The fraction of sp³-hybridized carbons (Fsp3) is 0.600. The molecule has 0 amide bonds. The van der Waals surface area contributed by atoms with E-state index in [1.807, 2.05) is 12.1 Å². The summed E-state index contributed by atoms with van der Waals surface area (Å²) in [7, 11) is 0. The molecular weight excluding hydrogens is 244 g/mol. The fourth-order valence-corrected chi connectivity index (χ4v) is 2.96. The SMILES string of the molecule is CC1CCC(CCNc2ccc(N)cc2Cl)CC1. The van der Waals surface area contributed by atoms with E-state index in [0.717, 1.165) is 24.1 Å². The van der Waals surface area contributed by atoms with Crippen LogP contribution in [-0.2, 0) is 0 Å². The van der Waals surface area contributed by atoms with Gasteiger partial charge in [0.25, 0.3) is 0 Å². The van der Waals surface area contributed by atoms with Crippen LogP contribution in [0.2, 0.25) is 5.02 Å². The Hall–Kier alpha value is -0.890. The molecule has 0 radical (unpaired) electrons. The van der Waals surface area contributed by atoms with Crippen LogP contribution >= 0.6 is 11.6 Å². The Labute approximate surface area is 115 Å². The minimum absolute atomic E-state index is 0.715. The Morgan fingerprint density at radius 2 is 2.00 bits per heavy atom. The lowest BCUT2D eigenvalue weighted by Gasteiger charge is -2.26. The van der Waals surface area contributed by atoms with E-state index in [0.29, 0.717) is 10.7 Å². The third kappa shape index (κ3) is 3.81. The van der Waals surface area contributed by atoms with Gasteiger partial charge < -0.3 is 11.1 Å². The van der Waals surface area contributed by atoms with Gasteiger partial charge in [0.1, 0.15) is 0 Å². The van der Waals surface area contributed by atoms with Crippen molar-refractivity contribution in [3.05, 3.63) is 23.2 Å². The van der Waals surface area contributed by atoms with E-state index >= 15 is 0 Å². The van der Waals surface area contributed by atoms with Crippen LogP contribution in [-0.4, -0.2) is 6.54 Å². The van der Waals surface area contributed by atoms with Crippen LogP contribution in [0.1, 0.15) is 39.0 Å². The van der Waals surface area contributed by atoms with Crippen molar-refractivity contribution in [1.82, 2.24) is 0 Å². The molecule has 100 valence electrons. The van der Waals surface area contributed by atoms with Gasteiger partial charge in [-0.15, -0.1) is 0 Å². The number of nitrogens with one attached hydrogen (secondary N) is 1. The van der Waals surface area contributed by atoms with E-state index in [9.17, 15) is 0 Å². The molecule has 3 N–H and O–H groups in total. The molecule has 18 heavy (non-hydrogen) atoms. The Morgan fingerprint density at radius 3 is 2.67 bits per heavy atom. The highest BCUT2D eigenvalue weighted by molar-refractivity contribution is 6.33. The molecule has 1 aliphatic carbocycles. The molecule has 0 saturated heterocycles. The highest BCUT2D eigenvalue weighted by Crippen LogP contribution is 2.30. The number of anilines is 2. The van der Waals surface area contributed by atoms with E-state index in [-0.39, 0.29) is 0 Å². The third-order valence-electron chi connectivity index (χ3n) is 4.00. The zero-order valence-corrected chi connectivity index (χ0v) is 11.8. The Bertz CT molecular complexity index is 384. The topological polar surface area (TPSA) is 38.0 Å².